The summed E-state index contributed by atoms with van der Waals surface area (Å²) >= 11 is 1.91. The van der Waals surface area contributed by atoms with E-state index in [1.165, 1.54) is 37.9 Å². The van der Waals surface area contributed by atoms with Crippen LogP contribution in [0, 0.1) is 0 Å². The molecule has 0 spiro atoms. The highest BCUT2D eigenvalue weighted by molar-refractivity contribution is 7.10. The SMILES string of the molecule is CCNC(=NCC(C)N1CCc2sccc2C1)NC1CCN(C(C)C)CC1. The molecule has 2 aliphatic heterocycles. The highest BCUT2D eigenvalue weighted by Crippen LogP contribution is 2.25. The predicted molar refractivity (Wildman–Crippen MR) is 117 cm³/mol. The minimum absolute atomic E-state index is 0.469. The number of nitrogens with zero attached hydrogens (tertiary/aromatic N) is 3. The molecule has 1 aromatic rings. The second kappa shape index (κ2) is 9.89. The lowest BCUT2D eigenvalue weighted by Crippen LogP contribution is -2.50. The third-order valence-corrected chi connectivity index (χ3v) is 6.94. The maximum Gasteiger partial charge on any atom is 0.191 e. The number of guanidine groups is 1. The number of piperidine rings is 1. The van der Waals surface area contributed by atoms with E-state index in [4.69, 9.17) is 4.99 Å². The lowest BCUT2D eigenvalue weighted by Gasteiger charge is -2.35. The van der Waals surface area contributed by atoms with Gasteiger partial charge in [-0.3, -0.25) is 9.89 Å². The zero-order valence-electron chi connectivity index (χ0n) is 17.5. The molecule has 5 nitrogen and oxygen atoms in total. The van der Waals surface area contributed by atoms with Crippen molar-refractivity contribution >= 4 is 17.3 Å². The molecule has 27 heavy (non-hydrogen) atoms. The molecule has 0 saturated carbocycles. The van der Waals surface area contributed by atoms with Gasteiger partial charge in [0, 0.05) is 55.7 Å². The highest BCUT2D eigenvalue weighted by atomic mass is 32.1. The van der Waals surface area contributed by atoms with Gasteiger partial charge in [0.2, 0.25) is 0 Å². The smallest absolute Gasteiger partial charge is 0.191 e. The number of hydrogen-bond donors (Lipinski definition) is 2. The monoisotopic (exact) mass is 391 g/mol. The van der Waals surface area contributed by atoms with Crippen LogP contribution in [0.3, 0.4) is 0 Å². The molecular formula is C21H37N5S. The Morgan fingerprint density at radius 1 is 1.22 bits per heavy atom. The van der Waals surface area contributed by atoms with E-state index in [0.717, 1.165) is 32.1 Å². The average Bonchev–Trinajstić information content (AvgIpc) is 3.14. The van der Waals surface area contributed by atoms with E-state index in [9.17, 15) is 0 Å². The largest absolute Gasteiger partial charge is 0.357 e. The normalized spacial score (nSPS) is 21.3. The molecule has 1 unspecified atom stereocenters. The number of thiophene rings is 1. The van der Waals surface area contributed by atoms with Crippen LogP contribution < -0.4 is 10.6 Å². The topological polar surface area (TPSA) is 42.9 Å². The first-order chi connectivity index (χ1) is 13.1. The summed E-state index contributed by atoms with van der Waals surface area (Å²) in [4.78, 5) is 11.6. The predicted octanol–water partition coefficient (Wildman–Crippen LogP) is 2.92. The van der Waals surface area contributed by atoms with Crippen LogP contribution in [0.2, 0.25) is 0 Å². The van der Waals surface area contributed by atoms with Gasteiger partial charge in [-0.05, 0) is 64.0 Å². The van der Waals surface area contributed by atoms with Crippen LogP contribution in [-0.2, 0) is 13.0 Å². The summed E-state index contributed by atoms with van der Waals surface area (Å²) in [7, 11) is 0. The second-order valence-corrected chi connectivity index (χ2v) is 9.21. The Morgan fingerprint density at radius 3 is 2.70 bits per heavy atom. The van der Waals surface area contributed by atoms with Crippen molar-refractivity contribution in [1.29, 1.82) is 0 Å². The number of hydrogen-bond acceptors (Lipinski definition) is 4. The fraction of sp³-hybridized carbons (Fsp3) is 0.762. The van der Waals surface area contributed by atoms with Crippen molar-refractivity contribution in [3.63, 3.8) is 0 Å². The van der Waals surface area contributed by atoms with Gasteiger partial charge in [-0.1, -0.05) is 0 Å². The van der Waals surface area contributed by atoms with Crippen LogP contribution >= 0.6 is 11.3 Å². The summed E-state index contributed by atoms with van der Waals surface area (Å²) in [5.41, 5.74) is 1.52. The third kappa shape index (κ3) is 5.69. The van der Waals surface area contributed by atoms with Gasteiger partial charge in [0.1, 0.15) is 0 Å². The van der Waals surface area contributed by atoms with Crippen LogP contribution in [0.5, 0.6) is 0 Å². The fourth-order valence-electron chi connectivity index (χ4n) is 4.06. The van der Waals surface area contributed by atoms with Gasteiger partial charge in [-0.15, -0.1) is 11.3 Å². The first kappa shape index (κ1) is 20.6. The zero-order chi connectivity index (χ0) is 19.2. The van der Waals surface area contributed by atoms with Crippen LogP contribution in [0.25, 0.3) is 0 Å². The van der Waals surface area contributed by atoms with E-state index in [0.29, 0.717) is 18.1 Å². The Bertz CT molecular complexity index is 603. The molecule has 152 valence electrons. The van der Waals surface area contributed by atoms with Crippen LogP contribution in [0.4, 0.5) is 0 Å². The molecule has 1 aromatic heterocycles. The first-order valence-electron chi connectivity index (χ1n) is 10.6. The van der Waals surface area contributed by atoms with Gasteiger partial charge in [-0.2, -0.15) is 0 Å². The van der Waals surface area contributed by atoms with Gasteiger partial charge in [0.15, 0.2) is 5.96 Å². The van der Waals surface area contributed by atoms with E-state index in [-0.39, 0.29) is 0 Å². The van der Waals surface area contributed by atoms with Crippen LogP contribution in [-0.4, -0.2) is 66.6 Å². The molecule has 6 heteroatoms. The van der Waals surface area contributed by atoms with Gasteiger partial charge in [0.05, 0.1) is 6.54 Å². The van der Waals surface area contributed by atoms with Crippen molar-refractivity contribution < 1.29 is 0 Å². The quantitative estimate of drug-likeness (QED) is 0.578. The van der Waals surface area contributed by atoms with Crippen molar-refractivity contribution in [2.45, 2.75) is 71.6 Å². The van der Waals surface area contributed by atoms with Gasteiger partial charge < -0.3 is 15.5 Å². The molecule has 3 rings (SSSR count). The molecule has 0 aliphatic carbocycles. The minimum atomic E-state index is 0.469. The summed E-state index contributed by atoms with van der Waals surface area (Å²) in [6.45, 7) is 15.4. The maximum absolute atomic E-state index is 4.92. The Morgan fingerprint density at radius 2 is 2.00 bits per heavy atom. The Hall–Kier alpha value is -1.11. The minimum Gasteiger partial charge on any atom is -0.357 e. The number of likely N-dealkylation sites (tertiary alicyclic amines) is 1. The molecule has 1 fully saturated rings. The Balaban J connectivity index is 1.50. The average molecular weight is 392 g/mol. The van der Waals surface area contributed by atoms with Crippen molar-refractivity contribution in [2.24, 2.45) is 4.99 Å². The summed E-state index contributed by atoms with van der Waals surface area (Å²) in [5, 5.41) is 9.35. The molecule has 2 N–H and O–H groups in total. The summed E-state index contributed by atoms with van der Waals surface area (Å²) < 4.78 is 0. The first-order valence-corrected chi connectivity index (χ1v) is 11.5. The molecule has 2 aliphatic rings. The maximum atomic E-state index is 4.92. The van der Waals surface area contributed by atoms with Crippen molar-refractivity contribution in [2.75, 3.05) is 32.7 Å². The number of rotatable bonds is 6. The zero-order valence-corrected chi connectivity index (χ0v) is 18.3. The summed E-state index contributed by atoms with van der Waals surface area (Å²) in [6, 6.07) is 3.95. The van der Waals surface area contributed by atoms with Crippen LogP contribution in [0.1, 0.15) is 51.0 Å². The molecule has 0 radical (unpaired) electrons. The van der Waals surface area contributed by atoms with E-state index in [1.807, 2.05) is 11.3 Å². The van der Waals surface area contributed by atoms with E-state index < -0.39 is 0 Å². The lowest BCUT2D eigenvalue weighted by atomic mass is 10.0. The van der Waals surface area contributed by atoms with Gasteiger partial charge >= 0.3 is 0 Å². The molecule has 0 amide bonds. The van der Waals surface area contributed by atoms with E-state index in [1.54, 1.807) is 4.88 Å². The number of nitrogens with one attached hydrogen (secondary N) is 2. The van der Waals surface area contributed by atoms with Crippen molar-refractivity contribution in [1.82, 2.24) is 20.4 Å². The number of aliphatic imine (C=N–C) groups is 1. The summed E-state index contributed by atoms with van der Waals surface area (Å²) in [6.07, 6.45) is 3.59. The second-order valence-electron chi connectivity index (χ2n) is 8.21. The molecule has 1 atom stereocenters. The third-order valence-electron chi connectivity index (χ3n) is 5.92. The lowest BCUT2D eigenvalue weighted by molar-refractivity contribution is 0.167. The fourth-order valence-corrected chi connectivity index (χ4v) is 4.95. The number of fused-ring (bicyclic) bond motifs is 1. The highest BCUT2D eigenvalue weighted by Gasteiger charge is 2.23. The van der Waals surface area contributed by atoms with Gasteiger partial charge in [0.25, 0.3) is 0 Å². The van der Waals surface area contributed by atoms with E-state index in [2.05, 4.69) is 59.6 Å². The molecule has 0 bridgehead atoms. The summed E-state index contributed by atoms with van der Waals surface area (Å²) in [5.74, 6) is 0.987. The van der Waals surface area contributed by atoms with Crippen molar-refractivity contribution in [3.8, 4) is 0 Å². The molecule has 1 saturated heterocycles. The molecule has 0 aromatic carbocycles. The Labute approximate surface area is 169 Å². The van der Waals surface area contributed by atoms with Crippen molar-refractivity contribution in [3.05, 3.63) is 21.9 Å². The molecular weight excluding hydrogens is 354 g/mol. The standard InChI is InChI=1S/C21H37N5S/c1-5-22-21(24-19-6-10-25(11-7-19)16(2)3)23-14-17(4)26-12-8-20-18(15-26)9-13-27-20/h9,13,16-17,19H,5-8,10-12,14-15H2,1-4H3,(H2,22,23,24). The van der Waals surface area contributed by atoms with Crippen LogP contribution in [0.15, 0.2) is 16.4 Å². The van der Waals surface area contributed by atoms with Gasteiger partial charge in [-0.25, -0.2) is 0 Å². The molecule has 3 heterocycles. The van der Waals surface area contributed by atoms with E-state index >= 15 is 0 Å². The Kier molecular flexibility index (Phi) is 7.56.